The molecule has 1 amide bonds. The zero-order chi connectivity index (χ0) is 15.0. The highest BCUT2D eigenvalue weighted by Crippen LogP contribution is 2.40. The van der Waals surface area contributed by atoms with Crippen molar-refractivity contribution in [3.05, 3.63) is 0 Å². The summed E-state index contributed by atoms with van der Waals surface area (Å²) in [7, 11) is 0. The molecule has 108 valence electrons. The minimum atomic E-state index is -1.06. The number of carboxylic acids is 1. The molecule has 0 aromatic carbocycles. The van der Waals surface area contributed by atoms with E-state index in [9.17, 15) is 19.5 Å². The van der Waals surface area contributed by atoms with Gasteiger partial charge in [0.05, 0.1) is 4.87 Å². The molecule has 1 aliphatic rings. The minimum absolute atomic E-state index is 0.313. The van der Waals surface area contributed by atoms with Gasteiger partial charge < -0.3 is 10.0 Å². The zero-order valence-electron chi connectivity index (χ0n) is 12.0. The van der Waals surface area contributed by atoms with E-state index in [1.165, 1.54) is 16.7 Å². The quantitative estimate of drug-likeness (QED) is 0.797. The molecule has 1 atom stereocenters. The molecule has 1 N–H and O–H groups in total. The third-order valence-corrected chi connectivity index (χ3v) is 5.07. The average Bonchev–Trinajstić information content (AvgIpc) is 2.63. The molecule has 1 heterocycles. The standard InChI is InChI=1S/C13H21NO4S/c1-6-12(2,3)9(15)10(16)14-8(11(17)18)7-19-13(14,4)5/h8H,6-7H2,1-5H3,(H,17,18)/t8-/m0/s1. The smallest absolute Gasteiger partial charge is 0.327 e. The van der Waals surface area contributed by atoms with E-state index >= 15 is 0 Å². The molecule has 1 rings (SSSR count). The van der Waals surface area contributed by atoms with Crippen LogP contribution in [0, 0.1) is 5.41 Å². The highest BCUT2D eigenvalue weighted by Gasteiger charge is 2.50. The third-order valence-electron chi connectivity index (χ3n) is 3.68. The number of carbonyl (C=O) groups excluding carboxylic acids is 2. The number of thioether (sulfide) groups is 1. The van der Waals surface area contributed by atoms with Crippen molar-refractivity contribution >= 4 is 29.4 Å². The Kier molecular flexibility index (Phi) is 4.34. The molecule has 0 saturated carbocycles. The Morgan fingerprint density at radius 2 is 1.89 bits per heavy atom. The van der Waals surface area contributed by atoms with Gasteiger partial charge in [-0.05, 0) is 20.3 Å². The van der Waals surface area contributed by atoms with Crippen LogP contribution in [-0.4, -0.2) is 44.3 Å². The number of Topliss-reactive ketones (excluding diaryl/α,β-unsaturated/α-hetero) is 1. The first kappa shape index (κ1) is 16.0. The summed E-state index contributed by atoms with van der Waals surface area (Å²) in [5.74, 6) is -1.95. The SMILES string of the molecule is CCC(C)(C)C(=O)C(=O)N1[C@H](C(=O)O)CSC1(C)C. The van der Waals surface area contributed by atoms with Crippen LogP contribution in [-0.2, 0) is 14.4 Å². The van der Waals surface area contributed by atoms with Gasteiger partial charge in [0.15, 0.2) is 0 Å². The maximum atomic E-state index is 12.4. The summed E-state index contributed by atoms with van der Waals surface area (Å²) in [5.41, 5.74) is -0.760. The number of rotatable bonds is 4. The molecule has 0 spiro atoms. The summed E-state index contributed by atoms with van der Waals surface area (Å²) >= 11 is 1.38. The number of hydrogen-bond acceptors (Lipinski definition) is 4. The number of aliphatic carboxylic acids is 1. The maximum absolute atomic E-state index is 12.4. The average molecular weight is 287 g/mol. The van der Waals surface area contributed by atoms with Gasteiger partial charge in [-0.15, -0.1) is 11.8 Å². The highest BCUT2D eigenvalue weighted by atomic mass is 32.2. The van der Waals surface area contributed by atoms with Crippen LogP contribution in [0.1, 0.15) is 41.0 Å². The van der Waals surface area contributed by atoms with Crippen molar-refractivity contribution in [1.82, 2.24) is 4.90 Å². The van der Waals surface area contributed by atoms with E-state index in [1.807, 2.05) is 6.92 Å². The lowest BCUT2D eigenvalue weighted by Gasteiger charge is -2.34. The first-order valence-corrected chi connectivity index (χ1v) is 7.28. The van der Waals surface area contributed by atoms with Crippen LogP contribution >= 0.6 is 11.8 Å². The van der Waals surface area contributed by atoms with E-state index in [4.69, 9.17) is 0 Å². The molecule has 1 aliphatic heterocycles. The number of nitrogens with zero attached hydrogens (tertiary/aromatic N) is 1. The van der Waals surface area contributed by atoms with Crippen molar-refractivity contribution in [3.8, 4) is 0 Å². The predicted molar refractivity (Wildman–Crippen MR) is 73.9 cm³/mol. The Bertz CT molecular complexity index is 417. The second-order valence-corrected chi connectivity index (χ2v) is 7.47. The normalized spacial score (nSPS) is 22.4. The summed E-state index contributed by atoms with van der Waals surface area (Å²) in [5, 5.41) is 9.19. The highest BCUT2D eigenvalue weighted by molar-refractivity contribution is 8.00. The van der Waals surface area contributed by atoms with Gasteiger partial charge in [-0.2, -0.15) is 0 Å². The molecule has 1 saturated heterocycles. The molecule has 0 radical (unpaired) electrons. The molecule has 1 fully saturated rings. The fourth-order valence-electron chi connectivity index (χ4n) is 1.93. The number of amides is 1. The van der Waals surface area contributed by atoms with Crippen LogP contribution in [0.25, 0.3) is 0 Å². The van der Waals surface area contributed by atoms with Gasteiger partial charge in [0.2, 0.25) is 5.78 Å². The summed E-state index contributed by atoms with van der Waals surface area (Å²) in [6, 6.07) is -0.927. The molecule has 0 bridgehead atoms. The Balaban J connectivity index is 3.08. The van der Waals surface area contributed by atoms with Gasteiger partial charge in [-0.25, -0.2) is 4.79 Å². The summed E-state index contributed by atoms with van der Waals surface area (Å²) in [6.45, 7) is 8.79. The molecule has 0 aromatic heterocycles. The van der Waals surface area contributed by atoms with Crippen LogP contribution in [0.3, 0.4) is 0 Å². The lowest BCUT2D eigenvalue weighted by molar-refractivity contribution is -0.157. The first-order valence-electron chi connectivity index (χ1n) is 6.29. The van der Waals surface area contributed by atoms with Crippen molar-refractivity contribution in [2.24, 2.45) is 5.41 Å². The van der Waals surface area contributed by atoms with E-state index in [0.29, 0.717) is 12.2 Å². The lowest BCUT2D eigenvalue weighted by atomic mass is 9.84. The summed E-state index contributed by atoms with van der Waals surface area (Å²) in [4.78, 5) is 36.4. The number of ketones is 1. The number of carbonyl (C=O) groups is 3. The van der Waals surface area contributed by atoms with Gasteiger partial charge in [0.25, 0.3) is 5.91 Å². The molecule has 0 aliphatic carbocycles. The Hall–Kier alpha value is -1.04. The van der Waals surface area contributed by atoms with Crippen molar-refractivity contribution in [3.63, 3.8) is 0 Å². The van der Waals surface area contributed by atoms with Crippen molar-refractivity contribution in [1.29, 1.82) is 0 Å². The van der Waals surface area contributed by atoms with E-state index < -0.39 is 34.0 Å². The second kappa shape index (κ2) is 5.15. The largest absolute Gasteiger partial charge is 0.480 e. The molecule has 6 heteroatoms. The van der Waals surface area contributed by atoms with Gasteiger partial charge >= 0.3 is 5.97 Å². The third kappa shape index (κ3) is 2.94. The number of carboxylic acid groups (broad SMARTS) is 1. The van der Waals surface area contributed by atoms with Gasteiger partial charge in [-0.3, -0.25) is 9.59 Å². The summed E-state index contributed by atoms with van der Waals surface area (Å²) in [6.07, 6.45) is 0.538. The minimum Gasteiger partial charge on any atom is -0.480 e. The Morgan fingerprint density at radius 3 is 2.32 bits per heavy atom. The molecule has 5 nitrogen and oxygen atoms in total. The topological polar surface area (TPSA) is 74.7 Å². The van der Waals surface area contributed by atoms with E-state index in [0.717, 1.165) is 0 Å². The van der Waals surface area contributed by atoms with Crippen LogP contribution in [0.5, 0.6) is 0 Å². The fourth-order valence-corrected chi connectivity index (χ4v) is 3.14. The second-order valence-electron chi connectivity index (χ2n) is 5.85. The van der Waals surface area contributed by atoms with Gasteiger partial charge in [-0.1, -0.05) is 20.8 Å². The Labute approximate surface area is 117 Å². The van der Waals surface area contributed by atoms with Crippen molar-refractivity contribution in [2.75, 3.05) is 5.75 Å². The van der Waals surface area contributed by atoms with Gasteiger partial charge in [0.1, 0.15) is 6.04 Å². The molecular weight excluding hydrogens is 266 g/mol. The Morgan fingerprint density at radius 1 is 1.37 bits per heavy atom. The molecule has 0 aromatic rings. The van der Waals surface area contributed by atoms with Crippen molar-refractivity contribution < 1.29 is 19.5 Å². The van der Waals surface area contributed by atoms with E-state index in [1.54, 1.807) is 27.7 Å². The first-order chi connectivity index (χ1) is 8.54. The molecular formula is C13H21NO4S. The van der Waals surface area contributed by atoms with E-state index in [2.05, 4.69) is 0 Å². The molecule has 19 heavy (non-hydrogen) atoms. The maximum Gasteiger partial charge on any atom is 0.327 e. The van der Waals surface area contributed by atoms with Gasteiger partial charge in [0, 0.05) is 11.2 Å². The zero-order valence-corrected chi connectivity index (χ0v) is 12.8. The summed E-state index contributed by atoms with van der Waals surface area (Å²) < 4.78 is 0. The van der Waals surface area contributed by atoms with Crippen molar-refractivity contribution in [2.45, 2.75) is 52.0 Å². The fraction of sp³-hybridized carbons (Fsp3) is 0.769. The number of hydrogen-bond donors (Lipinski definition) is 1. The predicted octanol–water partition coefficient (Wildman–Crippen LogP) is 1.76. The van der Waals surface area contributed by atoms with Crippen LogP contribution in [0.2, 0.25) is 0 Å². The van der Waals surface area contributed by atoms with Crippen LogP contribution in [0.15, 0.2) is 0 Å². The van der Waals surface area contributed by atoms with Crippen LogP contribution < -0.4 is 0 Å². The van der Waals surface area contributed by atoms with E-state index in [-0.39, 0.29) is 0 Å². The van der Waals surface area contributed by atoms with Crippen LogP contribution in [0.4, 0.5) is 0 Å². The monoisotopic (exact) mass is 287 g/mol. The molecule has 0 unspecified atom stereocenters. The lowest BCUT2D eigenvalue weighted by Crippen LogP contribution is -2.54.